The Morgan fingerprint density at radius 3 is 0.400 bits per heavy atom. The molecule has 3 N–H and O–H groups in total. The zero-order valence-electron chi connectivity index (χ0n) is 16.5. The molecule has 0 heterocycles. The first-order chi connectivity index (χ1) is 14.5. The van der Waals surface area contributed by atoms with Crippen molar-refractivity contribution in [2.75, 3.05) is 0 Å². The van der Waals surface area contributed by atoms with E-state index in [4.69, 9.17) is 19.0 Å². The summed E-state index contributed by atoms with van der Waals surface area (Å²) in [5.41, 5.74) is -13.9. The van der Waals surface area contributed by atoms with Gasteiger partial charge in [-0.25, -0.2) is 0 Å². The second kappa shape index (κ2) is 12.0. The monoisotopic (exact) mass is 658 g/mol. The molecular weight excluding hydrogens is 644 g/mol. The van der Waals surface area contributed by atoms with E-state index in [1.165, 1.54) is 0 Å². The van der Waals surface area contributed by atoms with Crippen LogP contribution in [-0.4, -0.2) is 69.2 Å². The first-order valence-corrected chi connectivity index (χ1v) is 8.15. The quantitative estimate of drug-likeness (QED) is 0.235. The van der Waals surface area contributed by atoms with E-state index in [0.717, 1.165) is 19.4 Å². The van der Waals surface area contributed by atoms with E-state index in [1.807, 2.05) is 0 Å². The van der Waals surface area contributed by atoms with Crippen LogP contribution in [0.2, 0.25) is 0 Å². The number of hydrogen-bond acceptors (Lipinski definition) is 4. The van der Waals surface area contributed by atoms with Crippen molar-refractivity contribution in [1.82, 2.24) is 0 Å². The minimum atomic E-state index is -5.69. The van der Waals surface area contributed by atoms with Crippen LogP contribution in [0.4, 0.5) is 79.0 Å². The average molecular weight is 656 g/mol. The fourth-order valence-electron chi connectivity index (χ4n) is 0.482. The molecule has 23 heteroatoms. The topological polar surface area (TPSA) is 84.5 Å². The van der Waals surface area contributed by atoms with Crippen molar-refractivity contribution in [3.63, 3.8) is 0 Å². The van der Waals surface area contributed by atoms with Crippen LogP contribution in [-0.2, 0) is 19.4 Å². The van der Waals surface area contributed by atoms with Gasteiger partial charge in [0.05, 0.1) is 0 Å². The summed E-state index contributed by atoms with van der Waals surface area (Å²) in [6, 6.07) is 0. The Kier molecular flexibility index (Phi) is 14.2. The second-order valence-electron chi connectivity index (χ2n) is 6.20. The van der Waals surface area contributed by atoms with Gasteiger partial charge >= 0.3 is 60.2 Å². The Morgan fingerprint density at radius 1 is 0.343 bits per heavy atom. The van der Waals surface area contributed by atoms with Crippen molar-refractivity contribution in [1.29, 1.82) is 3.73 Å². The number of aliphatic hydroxyl groups is 3. The number of halogens is 18. The molecule has 0 aliphatic heterocycles. The summed E-state index contributed by atoms with van der Waals surface area (Å²) >= 11 is 0.950. The molecule has 0 spiro atoms. The van der Waals surface area contributed by atoms with E-state index >= 15 is 0 Å². The zero-order chi connectivity index (χ0) is 30.5. The summed E-state index contributed by atoms with van der Waals surface area (Å²) < 4.78 is 211. The van der Waals surface area contributed by atoms with Crippen LogP contribution < -0.4 is 0 Å². The van der Waals surface area contributed by atoms with Gasteiger partial charge < -0.3 is 15.3 Å². The van der Waals surface area contributed by atoms with Gasteiger partial charge in [-0.15, -0.1) is 0 Å². The molecule has 0 atom stereocenters. The molecule has 0 unspecified atom stereocenters. The third-order valence-electron chi connectivity index (χ3n) is 3.31. The van der Waals surface area contributed by atoms with Crippen LogP contribution in [0.1, 0.15) is 20.8 Å². The van der Waals surface area contributed by atoms with Gasteiger partial charge in [0.2, 0.25) is 0 Å². The van der Waals surface area contributed by atoms with Crippen LogP contribution in [0.15, 0.2) is 0 Å². The molecule has 35 heavy (non-hydrogen) atoms. The molecule has 0 rings (SSSR count). The number of nitrogens with zero attached hydrogens (tertiary/aromatic N) is 1. The Hall–Kier alpha value is -0.982. The Balaban J connectivity index is -0.000000198. The molecule has 0 aromatic heterocycles. The molecule has 4 nitrogen and oxygen atoms in total. The first-order valence-electron chi connectivity index (χ1n) is 7.26. The average Bonchev–Trinajstić information content (AvgIpc) is 2.51. The summed E-state index contributed by atoms with van der Waals surface area (Å²) in [5.74, 6) is 0. The molecular formula is C12H12F18MoNO3. The first kappa shape index (κ1) is 41.2. The van der Waals surface area contributed by atoms with Gasteiger partial charge in [0.25, 0.3) is 16.8 Å². The van der Waals surface area contributed by atoms with Crippen molar-refractivity contribution < 1.29 is 114 Å². The van der Waals surface area contributed by atoms with E-state index in [2.05, 4.69) is 0 Å². The Bertz CT molecular complexity index is 514. The van der Waals surface area contributed by atoms with Gasteiger partial charge in [-0.05, 0) is 20.8 Å². The third kappa shape index (κ3) is 11.3. The van der Waals surface area contributed by atoms with Crippen LogP contribution in [0.25, 0.3) is 0 Å². The summed E-state index contributed by atoms with van der Waals surface area (Å²) in [6.45, 7) is -1.02. The molecule has 215 valence electrons. The standard InChI is InChI=1S/3C4H4F6O.Mo.N/c3*1-2(11,3(5,6)7)4(8,9)10;;/h3*11H,1H3;;. The Labute approximate surface area is 193 Å². The SMILES string of the molecule is CC(O)(C(F)(F)F)C(F)(F)F.CC(O)(C(F)(F)F)C(F)(F)F.CC(O)(C(F)(F)F)C(F)(F)F.[N]#[Mo]. The number of hydrogen-bond donors (Lipinski definition) is 3. The van der Waals surface area contributed by atoms with E-state index in [0.29, 0.717) is 0 Å². The van der Waals surface area contributed by atoms with E-state index < -0.39 is 53.9 Å². The van der Waals surface area contributed by atoms with Gasteiger partial charge in [0, 0.05) is 0 Å². The van der Waals surface area contributed by atoms with Crippen LogP contribution >= 0.6 is 0 Å². The van der Waals surface area contributed by atoms with Crippen LogP contribution in [0.5, 0.6) is 0 Å². The molecule has 0 aromatic carbocycles. The van der Waals surface area contributed by atoms with Gasteiger partial charge in [-0.3, -0.25) is 0 Å². The molecule has 0 aromatic rings. The molecule has 0 aliphatic rings. The third-order valence-corrected chi connectivity index (χ3v) is 3.31. The van der Waals surface area contributed by atoms with Gasteiger partial charge in [0.15, 0.2) is 0 Å². The minimum absolute atomic E-state index is 0.340. The van der Waals surface area contributed by atoms with Gasteiger partial charge in [-0.1, -0.05) is 0 Å². The predicted molar refractivity (Wildman–Crippen MR) is 69.9 cm³/mol. The van der Waals surface area contributed by atoms with Crippen molar-refractivity contribution in [2.45, 2.75) is 74.6 Å². The summed E-state index contributed by atoms with van der Waals surface area (Å²) in [5, 5.41) is 23.8. The summed E-state index contributed by atoms with van der Waals surface area (Å²) in [6.07, 6.45) is -34.1. The number of rotatable bonds is 0. The van der Waals surface area contributed by atoms with Gasteiger partial charge in [0.1, 0.15) is 0 Å². The van der Waals surface area contributed by atoms with Crippen molar-refractivity contribution in [2.24, 2.45) is 0 Å². The fraction of sp³-hybridized carbons (Fsp3) is 1.00. The fourth-order valence-corrected chi connectivity index (χ4v) is 0.482. The maximum absolute atomic E-state index is 11.4. The molecule has 0 bridgehead atoms. The summed E-state index contributed by atoms with van der Waals surface area (Å²) in [7, 11) is 0. The molecule has 0 radical (unpaired) electrons. The molecule has 0 saturated carbocycles. The van der Waals surface area contributed by atoms with E-state index in [9.17, 15) is 79.0 Å². The molecule has 0 amide bonds. The second-order valence-corrected chi connectivity index (χ2v) is 6.20. The van der Waals surface area contributed by atoms with Gasteiger partial charge in [-0.2, -0.15) is 79.0 Å². The van der Waals surface area contributed by atoms with Crippen LogP contribution in [0.3, 0.4) is 0 Å². The van der Waals surface area contributed by atoms with Crippen molar-refractivity contribution in [3.05, 3.63) is 0 Å². The predicted octanol–water partition coefficient (Wildman–Crippen LogP) is 5.60. The normalized spacial score (nSPS) is 14.5. The van der Waals surface area contributed by atoms with Crippen molar-refractivity contribution >= 4 is 0 Å². The molecule has 0 saturated heterocycles. The molecule has 0 fully saturated rings. The number of alkyl halides is 18. The molecule has 0 aliphatic carbocycles. The van der Waals surface area contributed by atoms with E-state index in [-0.39, 0.29) is 20.8 Å². The maximum atomic E-state index is 11.4. The summed E-state index contributed by atoms with van der Waals surface area (Å²) in [4.78, 5) is 0. The van der Waals surface area contributed by atoms with Crippen molar-refractivity contribution in [3.8, 4) is 0 Å². The Morgan fingerprint density at radius 2 is 0.400 bits per heavy atom. The van der Waals surface area contributed by atoms with Crippen LogP contribution in [0, 0.1) is 3.73 Å². The zero-order valence-corrected chi connectivity index (χ0v) is 18.5. The van der Waals surface area contributed by atoms with E-state index in [1.54, 1.807) is 0 Å².